The Morgan fingerprint density at radius 2 is 1.47 bits per heavy atom. The summed E-state index contributed by atoms with van der Waals surface area (Å²) in [5.74, 6) is 0.807. The van der Waals surface area contributed by atoms with Crippen molar-refractivity contribution in [1.29, 1.82) is 0 Å². The summed E-state index contributed by atoms with van der Waals surface area (Å²) >= 11 is 0. The molecule has 2 nitrogen and oxygen atoms in total. The second kappa shape index (κ2) is 9.64. The fraction of sp³-hybridized carbons (Fsp3) is 0.259. The predicted molar refractivity (Wildman–Crippen MR) is 123 cm³/mol. The van der Waals surface area contributed by atoms with Crippen LogP contribution in [0.4, 0.5) is 5.69 Å². The Kier molecular flexibility index (Phi) is 7.18. The molecule has 0 N–H and O–H groups in total. The van der Waals surface area contributed by atoms with Gasteiger partial charge in [-0.05, 0) is 35.1 Å². The number of aliphatic imine (C=N–C) groups is 1. The van der Waals surface area contributed by atoms with Crippen LogP contribution in [0.2, 0.25) is 0 Å². The largest absolute Gasteiger partial charge is 0.255 e. The summed E-state index contributed by atoms with van der Waals surface area (Å²) in [4.78, 5) is 4.76. The molecule has 0 amide bonds. The molecule has 30 heavy (non-hydrogen) atoms. The molecule has 1 heterocycles. The van der Waals surface area contributed by atoms with Crippen LogP contribution >= 0.6 is 0 Å². The zero-order valence-electron chi connectivity index (χ0n) is 18.0. The van der Waals surface area contributed by atoms with E-state index in [1.165, 1.54) is 27.9 Å². The maximum absolute atomic E-state index is 4.76. The molecule has 0 bridgehead atoms. The van der Waals surface area contributed by atoms with Crippen LogP contribution in [0, 0.1) is 6.07 Å². The zero-order chi connectivity index (χ0) is 20.4. The molecule has 0 spiro atoms. The normalized spacial score (nSPS) is 15.4. The van der Waals surface area contributed by atoms with Gasteiger partial charge in [0.2, 0.25) is 5.69 Å². The van der Waals surface area contributed by atoms with Crippen molar-refractivity contribution in [2.75, 3.05) is 0 Å². The summed E-state index contributed by atoms with van der Waals surface area (Å²) in [7, 11) is 0. The number of rotatable bonds is 5. The second-order valence-electron chi connectivity index (χ2n) is 8.22. The van der Waals surface area contributed by atoms with Crippen LogP contribution < -0.4 is 0 Å². The molecular formula is C27H28IrN2. The average molecular weight is 573 g/mol. The molecule has 0 saturated heterocycles. The topological polar surface area (TPSA) is 15.4 Å². The van der Waals surface area contributed by atoms with Gasteiger partial charge in [0.25, 0.3) is 6.17 Å². The molecule has 0 aromatic heterocycles. The van der Waals surface area contributed by atoms with E-state index in [0.29, 0.717) is 11.8 Å². The van der Waals surface area contributed by atoms with Crippen molar-refractivity contribution in [3.8, 4) is 11.1 Å². The molecular weight excluding hydrogens is 545 g/mol. The number of hydrogen-bond acceptors (Lipinski definition) is 1. The van der Waals surface area contributed by atoms with E-state index in [2.05, 4.69) is 99.1 Å². The van der Waals surface area contributed by atoms with E-state index in [1.54, 1.807) is 0 Å². The molecule has 1 aliphatic heterocycles. The van der Waals surface area contributed by atoms with Crippen LogP contribution in [0.5, 0.6) is 0 Å². The maximum atomic E-state index is 4.76. The van der Waals surface area contributed by atoms with Crippen molar-refractivity contribution < 1.29 is 24.7 Å². The molecule has 0 saturated carbocycles. The van der Waals surface area contributed by atoms with E-state index in [4.69, 9.17) is 4.99 Å². The Hall–Kier alpha value is -2.35. The molecule has 3 aromatic rings. The minimum absolute atomic E-state index is 0. The van der Waals surface area contributed by atoms with Crippen LogP contribution in [-0.4, -0.2) is 17.0 Å². The minimum atomic E-state index is -0.0613. The van der Waals surface area contributed by atoms with E-state index < -0.39 is 0 Å². The summed E-state index contributed by atoms with van der Waals surface area (Å²) in [6.45, 7) is 9.10. The number of nitrogens with zero attached hydrogens (tertiary/aromatic N) is 2. The van der Waals surface area contributed by atoms with Gasteiger partial charge in [-0.25, -0.2) is 4.99 Å². The first-order valence-electron chi connectivity index (χ1n) is 10.4. The Balaban J connectivity index is 0.00000256. The fourth-order valence-corrected chi connectivity index (χ4v) is 4.00. The van der Waals surface area contributed by atoms with Crippen LogP contribution in [0.3, 0.4) is 0 Å². The van der Waals surface area contributed by atoms with Crippen LogP contribution in [0.25, 0.3) is 11.1 Å². The zero-order valence-corrected chi connectivity index (χ0v) is 20.4. The van der Waals surface area contributed by atoms with Crippen molar-refractivity contribution in [2.45, 2.75) is 45.7 Å². The minimum Gasteiger partial charge on any atom is -0.216 e. The Bertz CT molecular complexity index is 1020. The maximum Gasteiger partial charge on any atom is 0.255 e. The third-order valence-electron chi connectivity index (χ3n) is 5.51. The molecule has 0 aliphatic carbocycles. The van der Waals surface area contributed by atoms with Crippen molar-refractivity contribution in [1.82, 2.24) is 0 Å². The average Bonchev–Trinajstić information content (AvgIpc) is 3.23. The van der Waals surface area contributed by atoms with Crippen LogP contribution in [0.1, 0.15) is 62.4 Å². The van der Waals surface area contributed by atoms with Gasteiger partial charge in [-0.2, -0.15) is 34.9 Å². The Labute approximate surface area is 193 Å². The van der Waals surface area contributed by atoms with Crippen molar-refractivity contribution in [3.63, 3.8) is 0 Å². The molecule has 0 fully saturated rings. The summed E-state index contributed by atoms with van der Waals surface area (Å²) in [6, 6.07) is 26.9. The summed E-state index contributed by atoms with van der Waals surface area (Å²) in [5, 5.41) is 0. The Morgan fingerprint density at radius 1 is 0.833 bits per heavy atom. The molecule has 155 valence electrons. The van der Waals surface area contributed by atoms with E-state index in [1.807, 2.05) is 18.3 Å². The van der Waals surface area contributed by atoms with Crippen LogP contribution in [-0.2, 0) is 20.1 Å². The first kappa shape index (κ1) is 22.3. The monoisotopic (exact) mass is 573 g/mol. The first-order chi connectivity index (χ1) is 14.1. The second-order valence-corrected chi connectivity index (χ2v) is 8.22. The van der Waals surface area contributed by atoms with Gasteiger partial charge in [-0.3, -0.25) is 0 Å². The van der Waals surface area contributed by atoms with Gasteiger partial charge >= 0.3 is 0 Å². The Morgan fingerprint density at radius 3 is 2.03 bits per heavy atom. The standard InChI is InChI=1S/C27H28N2.Ir/c1-19(2)24-17-23(21-11-7-5-8-12-21)18-25(20(3)4)26(24)29-16-15-28-27(29)22-13-9-6-10-14-22;/h5-13,15-20,27H,1-4H3;. The molecule has 3 heteroatoms. The van der Waals surface area contributed by atoms with Gasteiger partial charge in [-0.15, -0.1) is 0 Å². The van der Waals surface area contributed by atoms with Crippen LogP contribution in [0.15, 0.2) is 71.7 Å². The van der Waals surface area contributed by atoms with E-state index >= 15 is 0 Å². The van der Waals surface area contributed by atoms with Gasteiger partial charge < -0.3 is 0 Å². The van der Waals surface area contributed by atoms with E-state index in [-0.39, 0.29) is 26.3 Å². The molecule has 4 rings (SSSR count). The first-order valence-corrected chi connectivity index (χ1v) is 10.4. The molecule has 1 atom stereocenters. The van der Waals surface area contributed by atoms with Gasteiger partial charge in [0.1, 0.15) is 0 Å². The molecule has 1 radical (unpaired) electrons. The predicted octanol–water partition coefficient (Wildman–Crippen LogP) is 6.90. The van der Waals surface area contributed by atoms with Gasteiger partial charge in [0.05, 0.1) is 6.21 Å². The molecule has 3 aromatic carbocycles. The van der Waals surface area contributed by atoms with Crippen molar-refractivity contribution in [3.05, 3.63) is 89.5 Å². The third-order valence-corrected chi connectivity index (χ3v) is 5.51. The molecule has 1 unspecified atom stereocenters. The molecule has 1 aliphatic rings. The van der Waals surface area contributed by atoms with Gasteiger partial charge in [0, 0.05) is 31.2 Å². The van der Waals surface area contributed by atoms with Gasteiger partial charge in [-0.1, -0.05) is 63.6 Å². The van der Waals surface area contributed by atoms with E-state index in [9.17, 15) is 0 Å². The summed E-state index contributed by atoms with van der Waals surface area (Å²) in [5.41, 5.74) is 7.64. The number of hydrogen-bond donors (Lipinski definition) is 0. The fourth-order valence-electron chi connectivity index (χ4n) is 4.00. The third kappa shape index (κ3) is 4.38. The quantitative estimate of drug-likeness (QED) is 0.234. The van der Waals surface area contributed by atoms with E-state index in [0.717, 1.165) is 5.56 Å². The smallest absolute Gasteiger partial charge is 0.216 e. The van der Waals surface area contributed by atoms with Crippen molar-refractivity contribution >= 4 is 18.1 Å². The number of benzene rings is 3. The summed E-state index contributed by atoms with van der Waals surface area (Å²) < 4.78 is 2.32. The SMILES string of the molecule is CC(C)c1cc(-c2ccccc2)cc(C(C)C)c1[N+]1=CC=NC1c1[c-]cccc1.[Ir]. The van der Waals surface area contributed by atoms with Gasteiger partial charge in [0.15, 0.2) is 6.21 Å². The van der Waals surface area contributed by atoms with Crippen molar-refractivity contribution in [2.24, 2.45) is 4.99 Å². The summed E-state index contributed by atoms with van der Waals surface area (Å²) in [6.07, 6.45) is 3.97.